The highest BCUT2D eigenvalue weighted by Crippen LogP contribution is 2.30. The van der Waals surface area contributed by atoms with Crippen molar-refractivity contribution in [1.82, 2.24) is 0 Å². The fraction of sp³-hybridized carbons (Fsp3) is 0.368. The van der Waals surface area contributed by atoms with Crippen molar-refractivity contribution in [3.05, 3.63) is 65.7 Å². The lowest BCUT2D eigenvalue weighted by Crippen LogP contribution is -2.15. The number of rotatable bonds is 6. The van der Waals surface area contributed by atoms with Crippen LogP contribution in [0.2, 0.25) is 0 Å². The fourth-order valence-electron chi connectivity index (χ4n) is 2.62. The van der Waals surface area contributed by atoms with Gasteiger partial charge in [-0.2, -0.15) is 0 Å². The molecule has 0 aromatic heterocycles. The van der Waals surface area contributed by atoms with E-state index in [1.165, 1.54) is 5.56 Å². The van der Waals surface area contributed by atoms with Gasteiger partial charge in [-0.25, -0.2) is 0 Å². The Labute approximate surface area is 127 Å². The summed E-state index contributed by atoms with van der Waals surface area (Å²) in [5.41, 5.74) is 3.25. The summed E-state index contributed by atoms with van der Waals surface area (Å²) in [6.45, 7) is 6.27. The number of benzene rings is 2. The molecule has 2 heteroatoms. The molecule has 2 N–H and O–H groups in total. The Kier molecular flexibility index (Phi) is 5.40. The summed E-state index contributed by atoms with van der Waals surface area (Å²) in [7, 11) is 0. The molecule has 2 nitrogen and oxygen atoms in total. The topological polar surface area (TPSA) is 32.3 Å². The second-order valence-electron chi connectivity index (χ2n) is 6.00. The van der Waals surface area contributed by atoms with E-state index >= 15 is 0 Å². The molecule has 0 heterocycles. The first-order valence-electron chi connectivity index (χ1n) is 7.66. The van der Waals surface area contributed by atoms with Crippen LogP contribution in [0.1, 0.15) is 50.5 Å². The second-order valence-corrected chi connectivity index (χ2v) is 6.00. The molecule has 2 rings (SSSR count). The number of para-hydroxylation sites is 1. The van der Waals surface area contributed by atoms with Crippen LogP contribution in [0.25, 0.3) is 0 Å². The normalized spacial score (nSPS) is 14.0. The van der Waals surface area contributed by atoms with E-state index in [1.54, 1.807) is 6.92 Å². The highest BCUT2D eigenvalue weighted by molar-refractivity contribution is 5.53. The minimum atomic E-state index is -0.468. The third kappa shape index (κ3) is 4.33. The summed E-state index contributed by atoms with van der Waals surface area (Å²) in [5.74, 6) is 0.599. The van der Waals surface area contributed by atoms with Gasteiger partial charge in [-0.3, -0.25) is 0 Å². The van der Waals surface area contributed by atoms with Crippen LogP contribution in [-0.2, 0) is 0 Å². The summed E-state index contributed by atoms with van der Waals surface area (Å²) in [6.07, 6.45) is 0.585. The van der Waals surface area contributed by atoms with Gasteiger partial charge >= 0.3 is 0 Å². The van der Waals surface area contributed by atoms with Gasteiger partial charge in [0.05, 0.1) is 12.1 Å². The average Bonchev–Trinajstić information content (AvgIpc) is 2.47. The van der Waals surface area contributed by atoms with Gasteiger partial charge in [0.15, 0.2) is 0 Å². The summed E-state index contributed by atoms with van der Waals surface area (Å²) < 4.78 is 0. The summed E-state index contributed by atoms with van der Waals surface area (Å²) >= 11 is 0. The molecule has 2 aromatic rings. The van der Waals surface area contributed by atoms with Gasteiger partial charge < -0.3 is 10.4 Å². The minimum Gasteiger partial charge on any atom is -0.389 e. The summed E-state index contributed by atoms with van der Waals surface area (Å²) in [6, 6.07) is 18.7. The van der Waals surface area contributed by atoms with Crippen LogP contribution < -0.4 is 5.32 Å². The molecule has 0 bridgehead atoms. The standard InChI is InChI=1S/C19H25NO/c1-14(2)13-19(16-9-5-4-6-10-16)20-18-12-8-7-11-17(18)15(3)21/h4-12,14-15,19-21H,13H2,1-3H3. The van der Waals surface area contributed by atoms with Crippen molar-refractivity contribution in [2.24, 2.45) is 5.92 Å². The van der Waals surface area contributed by atoms with Crippen LogP contribution in [0.5, 0.6) is 0 Å². The van der Waals surface area contributed by atoms with Crippen molar-refractivity contribution in [3.63, 3.8) is 0 Å². The van der Waals surface area contributed by atoms with Crippen LogP contribution >= 0.6 is 0 Å². The largest absolute Gasteiger partial charge is 0.389 e. The Morgan fingerprint density at radius 3 is 2.14 bits per heavy atom. The lowest BCUT2D eigenvalue weighted by molar-refractivity contribution is 0.200. The number of hydrogen-bond donors (Lipinski definition) is 2. The SMILES string of the molecule is CC(C)CC(Nc1ccccc1C(C)O)c1ccccc1. The zero-order valence-electron chi connectivity index (χ0n) is 13.1. The first-order chi connectivity index (χ1) is 10.1. The lowest BCUT2D eigenvalue weighted by atomic mass is 9.96. The first-order valence-corrected chi connectivity index (χ1v) is 7.66. The van der Waals surface area contributed by atoms with E-state index in [1.807, 2.05) is 30.3 Å². The zero-order chi connectivity index (χ0) is 15.2. The molecule has 2 aromatic carbocycles. The number of nitrogens with one attached hydrogen (secondary N) is 1. The average molecular weight is 283 g/mol. The molecule has 0 aliphatic rings. The summed E-state index contributed by atoms with van der Waals surface area (Å²) in [5, 5.41) is 13.5. The van der Waals surface area contributed by atoms with Crippen molar-refractivity contribution in [1.29, 1.82) is 0 Å². The second kappa shape index (κ2) is 7.28. The van der Waals surface area contributed by atoms with E-state index in [-0.39, 0.29) is 6.04 Å². The van der Waals surface area contributed by atoms with Crippen molar-refractivity contribution >= 4 is 5.69 Å². The Morgan fingerprint density at radius 1 is 0.905 bits per heavy atom. The molecule has 0 aliphatic heterocycles. The molecule has 0 saturated carbocycles. The van der Waals surface area contributed by atoms with E-state index in [9.17, 15) is 5.11 Å². The number of anilines is 1. The molecule has 0 radical (unpaired) electrons. The number of aliphatic hydroxyl groups excluding tert-OH is 1. The van der Waals surface area contributed by atoms with Gasteiger partial charge in [0.2, 0.25) is 0 Å². The highest BCUT2D eigenvalue weighted by Gasteiger charge is 2.15. The molecule has 0 aliphatic carbocycles. The molecule has 0 amide bonds. The van der Waals surface area contributed by atoms with Crippen molar-refractivity contribution in [3.8, 4) is 0 Å². The molecule has 0 fully saturated rings. The molecule has 2 unspecified atom stereocenters. The fourth-order valence-corrected chi connectivity index (χ4v) is 2.62. The number of hydrogen-bond acceptors (Lipinski definition) is 2. The van der Waals surface area contributed by atoms with Crippen molar-refractivity contribution < 1.29 is 5.11 Å². The molecule has 21 heavy (non-hydrogen) atoms. The third-order valence-corrected chi connectivity index (χ3v) is 3.65. The molecule has 0 spiro atoms. The van der Waals surface area contributed by atoms with E-state index in [2.05, 4.69) is 43.4 Å². The van der Waals surface area contributed by atoms with Gasteiger partial charge in [0.25, 0.3) is 0 Å². The van der Waals surface area contributed by atoms with Gasteiger partial charge in [0, 0.05) is 11.3 Å². The van der Waals surface area contributed by atoms with Gasteiger partial charge in [-0.1, -0.05) is 62.4 Å². The molecular weight excluding hydrogens is 258 g/mol. The maximum atomic E-state index is 9.93. The van der Waals surface area contributed by atoms with E-state index in [0.29, 0.717) is 5.92 Å². The molecule has 0 saturated heterocycles. The van der Waals surface area contributed by atoms with Crippen LogP contribution in [0.15, 0.2) is 54.6 Å². The van der Waals surface area contributed by atoms with E-state index < -0.39 is 6.10 Å². The predicted molar refractivity (Wildman–Crippen MR) is 89.3 cm³/mol. The van der Waals surface area contributed by atoms with Crippen molar-refractivity contribution in [2.45, 2.75) is 39.3 Å². The predicted octanol–water partition coefficient (Wildman–Crippen LogP) is 4.94. The minimum absolute atomic E-state index is 0.256. The van der Waals surface area contributed by atoms with E-state index in [0.717, 1.165) is 17.7 Å². The Balaban J connectivity index is 2.27. The smallest absolute Gasteiger partial charge is 0.0781 e. The van der Waals surface area contributed by atoms with Crippen molar-refractivity contribution in [2.75, 3.05) is 5.32 Å². The summed E-state index contributed by atoms with van der Waals surface area (Å²) in [4.78, 5) is 0. The Morgan fingerprint density at radius 2 is 1.52 bits per heavy atom. The third-order valence-electron chi connectivity index (χ3n) is 3.65. The molecular formula is C19H25NO. The van der Waals surface area contributed by atoms with Gasteiger partial charge in [-0.15, -0.1) is 0 Å². The Hall–Kier alpha value is -1.80. The number of aliphatic hydroxyl groups is 1. The Bertz CT molecular complexity index is 549. The van der Waals surface area contributed by atoms with Gasteiger partial charge in [0.1, 0.15) is 0 Å². The molecule has 112 valence electrons. The van der Waals surface area contributed by atoms with Crippen LogP contribution in [0.3, 0.4) is 0 Å². The lowest BCUT2D eigenvalue weighted by Gasteiger charge is -2.24. The maximum Gasteiger partial charge on any atom is 0.0781 e. The van der Waals surface area contributed by atoms with Crippen LogP contribution in [0.4, 0.5) is 5.69 Å². The van der Waals surface area contributed by atoms with Gasteiger partial charge in [-0.05, 0) is 30.9 Å². The zero-order valence-corrected chi connectivity index (χ0v) is 13.1. The highest BCUT2D eigenvalue weighted by atomic mass is 16.3. The first kappa shape index (κ1) is 15.6. The quantitative estimate of drug-likeness (QED) is 0.787. The van der Waals surface area contributed by atoms with E-state index in [4.69, 9.17) is 0 Å². The van der Waals surface area contributed by atoms with Crippen LogP contribution in [0, 0.1) is 5.92 Å². The molecule has 2 atom stereocenters. The maximum absolute atomic E-state index is 9.93. The van der Waals surface area contributed by atoms with Crippen LogP contribution in [-0.4, -0.2) is 5.11 Å². The monoisotopic (exact) mass is 283 g/mol.